The second-order valence-electron chi connectivity index (χ2n) is 4.10. The van der Waals surface area contributed by atoms with Gasteiger partial charge in [-0.1, -0.05) is 13.0 Å². The molecule has 2 nitrogen and oxygen atoms in total. The van der Waals surface area contributed by atoms with E-state index in [9.17, 15) is 0 Å². The van der Waals surface area contributed by atoms with Gasteiger partial charge in [-0.15, -0.1) is 11.3 Å². The topological polar surface area (TPSA) is 29.3 Å². The highest BCUT2D eigenvalue weighted by molar-refractivity contribution is 7.09. The van der Waals surface area contributed by atoms with Crippen LogP contribution in [0, 0.1) is 0 Å². The SMILES string of the molecule is CCC(CN)N(C)C(C)Cc1cccs1. The Kier molecular flexibility index (Phi) is 5.29. The predicted molar refractivity (Wildman–Crippen MR) is 68.4 cm³/mol. The molecule has 0 spiro atoms. The monoisotopic (exact) mass is 226 g/mol. The lowest BCUT2D eigenvalue weighted by molar-refractivity contribution is 0.183. The fourth-order valence-electron chi connectivity index (χ4n) is 1.84. The van der Waals surface area contributed by atoms with Crippen molar-refractivity contribution >= 4 is 11.3 Å². The van der Waals surface area contributed by atoms with Crippen LogP contribution in [0.3, 0.4) is 0 Å². The molecule has 86 valence electrons. The number of thiophene rings is 1. The Balaban J connectivity index is 2.48. The zero-order valence-electron chi connectivity index (χ0n) is 9.94. The fraction of sp³-hybridized carbons (Fsp3) is 0.667. The molecule has 0 fully saturated rings. The standard InChI is InChI=1S/C12H22N2S/c1-4-11(9-13)14(3)10(2)8-12-6-5-7-15-12/h5-7,10-11H,4,8-9,13H2,1-3H3. The Morgan fingerprint density at radius 1 is 1.53 bits per heavy atom. The normalized spacial score (nSPS) is 15.5. The van der Waals surface area contributed by atoms with Crippen LogP contribution in [0.1, 0.15) is 25.1 Å². The Morgan fingerprint density at radius 3 is 2.73 bits per heavy atom. The molecule has 0 aliphatic heterocycles. The van der Waals surface area contributed by atoms with E-state index in [1.165, 1.54) is 4.88 Å². The average Bonchev–Trinajstić information content (AvgIpc) is 2.72. The van der Waals surface area contributed by atoms with Gasteiger partial charge in [-0.05, 0) is 38.3 Å². The number of rotatable bonds is 6. The van der Waals surface area contributed by atoms with E-state index in [2.05, 4.69) is 43.3 Å². The van der Waals surface area contributed by atoms with Crippen LogP contribution in [0.2, 0.25) is 0 Å². The van der Waals surface area contributed by atoms with Crippen molar-refractivity contribution < 1.29 is 0 Å². The van der Waals surface area contributed by atoms with Crippen molar-refractivity contribution in [1.82, 2.24) is 4.90 Å². The van der Waals surface area contributed by atoms with Crippen LogP contribution >= 0.6 is 11.3 Å². The van der Waals surface area contributed by atoms with E-state index in [1.54, 1.807) is 0 Å². The maximum Gasteiger partial charge on any atom is 0.0215 e. The zero-order valence-corrected chi connectivity index (χ0v) is 10.8. The molecule has 0 aromatic carbocycles. The lowest BCUT2D eigenvalue weighted by atomic mass is 10.1. The van der Waals surface area contributed by atoms with Crippen LogP contribution in [-0.2, 0) is 6.42 Å². The summed E-state index contributed by atoms with van der Waals surface area (Å²) in [6.45, 7) is 5.23. The van der Waals surface area contributed by atoms with Gasteiger partial charge in [0, 0.05) is 23.5 Å². The second-order valence-corrected chi connectivity index (χ2v) is 5.13. The van der Waals surface area contributed by atoms with E-state index in [4.69, 9.17) is 5.73 Å². The molecule has 0 saturated heterocycles. The summed E-state index contributed by atoms with van der Waals surface area (Å²) in [6, 6.07) is 5.41. The maximum absolute atomic E-state index is 5.76. The van der Waals surface area contributed by atoms with Crippen LogP contribution in [0.4, 0.5) is 0 Å². The first kappa shape index (κ1) is 12.7. The quantitative estimate of drug-likeness (QED) is 0.807. The first-order chi connectivity index (χ1) is 7.19. The summed E-state index contributed by atoms with van der Waals surface area (Å²) in [4.78, 5) is 3.86. The third-order valence-corrected chi connectivity index (χ3v) is 3.99. The van der Waals surface area contributed by atoms with Gasteiger partial charge < -0.3 is 5.73 Å². The molecule has 3 heteroatoms. The molecular formula is C12H22N2S. The van der Waals surface area contributed by atoms with E-state index in [1.807, 2.05) is 11.3 Å². The van der Waals surface area contributed by atoms with Crippen LogP contribution in [0.5, 0.6) is 0 Å². The average molecular weight is 226 g/mol. The third-order valence-electron chi connectivity index (χ3n) is 3.09. The highest BCUT2D eigenvalue weighted by atomic mass is 32.1. The van der Waals surface area contributed by atoms with Crippen molar-refractivity contribution in [2.75, 3.05) is 13.6 Å². The Labute approximate surface area is 97.1 Å². The molecule has 1 heterocycles. The molecule has 2 unspecified atom stereocenters. The van der Waals surface area contributed by atoms with Crippen molar-refractivity contribution in [3.8, 4) is 0 Å². The van der Waals surface area contributed by atoms with Crippen LogP contribution in [0.25, 0.3) is 0 Å². The summed E-state index contributed by atoms with van der Waals surface area (Å²) < 4.78 is 0. The fourth-order valence-corrected chi connectivity index (χ4v) is 2.67. The highest BCUT2D eigenvalue weighted by Crippen LogP contribution is 2.15. The first-order valence-corrected chi connectivity index (χ1v) is 6.51. The van der Waals surface area contributed by atoms with Gasteiger partial charge in [0.2, 0.25) is 0 Å². The third kappa shape index (κ3) is 3.59. The maximum atomic E-state index is 5.76. The summed E-state index contributed by atoms with van der Waals surface area (Å²) in [5.74, 6) is 0. The number of nitrogens with two attached hydrogens (primary N) is 1. The van der Waals surface area contributed by atoms with Crippen molar-refractivity contribution in [1.29, 1.82) is 0 Å². The summed E-state index contributed by atoms with van der Waals surface area (Å²) in [6.07, 6.45) is 2.26. The molecule has 0 radical (unpaired) electrons. The number of nitrogens with zero attached hydrogens (tertiary/aromatic N) is 1. The molecule has 0 amide bonds. The van der Waals surface area contributed by atoms with Gasteiger partial charge in [0.25, 0.3) is 0 Å². The van der Waals surface area contributed by atoms with Gasteiger partial charge >= 0.3 is 0 Å². The molecule has 1 aromatic rings. The van der Waals surface area contributed by atoms with Crippen LogP contribution < -0.4 is 5.73 Å². The number of likely N-dealkylation sites (N-methyl/N-ethyl adjacent to an activating group) is 1. The van der Waals surface area contributed by atoms with Gasteiger partial charge in [-0.25, -0.2) is 0 Å². The Morgan fingerprint density at radius 2 is 2.27 bits per heavy atom. The molecule has 0 aliphatic rings. The lowest BCUT2D eigenvalue weighted by Gasteiger charge is -2.31. The van der Waals surface area contributed by atoms with Gasteiger partial charge in [-0.2, -0.15) is 0 Å². The highest BCUT2D eigenvalue weighted by Gasteiger charge is 2.17. The summed E-state index contributed by atoms with van der Waals surface area (Å²) in [5, 5.41) is 2.14. The minimum Gasteiger partial charge on any atom is -0.329 e. The molecule has 1 rings (SSSR count). The van der Waals surface area contributed by atoms with E-state index in [-0.39, 0.29) is 0 Å². The summed E-state index contributed by atoms with van der Waals surface area (Å²) in [5.41, 5.74) is 5.76. The van der Waals surface area contributed by atoms with E-state index in [0.717, 1.165) is 19.4 Å². The predicted octanol–water partition coefficient (Wildman–Crippen LogP) is 2.35. The second kappa shape index (κ2) is 6.26. The molecule has 2 N–H and O–H groups in total. The van der Waals surface area contributed by atoms with E-state index >= 15 is 0 Å². The molecule has 0 aliphatic carbocycles. The first-order valence-electron chi connectivity index (χ1n) is 5.63. The molecule has 1 aromatic heterocycles. The smallest absolute Gasteiger partial charge is 0.0215 e. The van der Waals surface area contributed by atoms with Crippen LogP contribution in [0.15, 0.2) is 17.5 Å². The van der Waals surface area contributed by atoms with Gasteiger partial charge in [0.05, 0.1) is 0 Å². The minimum atomic E-state index is 0.514. The van der Waals surface area contributed by atoms with E-state index < -0.39 is 0 Å². The van der Waals surface area contributed by atoms with E-state index in [0.29, 0.717) is 12.1 Å². The number of hydrogen-bond donors (Lipinski definition) is 1. The van der Waals surface area contributed by atoms with Crippen molar-refractivity contribution in [2.45, 2.75) is 38.8 Å². The van der Waals surface area contributed by atoms with Gasteiger partial charge in [0.15, 0.2) is 0 Å². The van der Waals surface area contributed by atoms with Crippen LogP contribution in [-0.4, -0.2) is 30.6 Å². The van der Waals surface area contributed by atoms with Crippen molar-refractivity contribution in [3.05, 3.63) is 22.4 Å². The lowest BCUT2D eigenvalue weighted by Crippen LogP contribution is -2.43. The number of hydrogen-bond acceptors (Lipinski definition) is 3. The molecule has 2 atom stereocenters. The minimum absolute atomic E-state index is 0.514. The Bertz CT molecular complexity index is 255. The molecule has 0 bridgehead atoms. The summed E-state index contributed by atoms with van der Waals surface area (Å²) in [7, 11) is 2.18. The molecule has 15 heavy (non-hydrogen) atoms. The summed E-state index contributed by atoms with van der Waals surface area (Å²) >= 11 is 1.84. The van der Waals surface area contributed by atoms with Crippen molar-refractivity contribution in [3.63, 3.8) is 0 Å². The van der Waals surface area contributed by atoms with Gasteiger partial charge in [-0.3, -0.25) is 4.90 Å². The Hall–Kier alpha value is -0.380. The molecule has 0 saturated carbocycles. The largest absolute Gasteiger partial charge is 0.329 e. The van der Waals surface area contributed by atoms with Crippen molar-refractivity contribution in [2.24, 2.45) is 5.73 Å². The molecular weight excluding hydrogens is 204 g/mol. The van der Waals surface area contributed by atoms with Gasteiger partial charge in [0.1, 0.15) is 0 Å². The zero-order chi connectivity index (χ0) is 11.3.